The number of nitriles is 1. The van der Waals surface area contributed by atoms with Crippen molar-refractivity contribution in [3.63, 3.8) is 0 Å². The van der Waals surface area contributed by atoms with Crippen LogP contribution in [0.1, 0.15) is 54.9 Å². The molecule has 1 amide bonds. The summed E-state index contributed by atoms with van der Waals surface area (Å²) < 4.78 is 5.84. The second-order valence-electron chi connectivity index (χ2n) is 8.52. The molecule has 1 atom stereocenters. The second kappa shape index (κ2) is 11.3. The van der Waals surface area contributed by atoms with E-state index in [2.05, 4.69) is 16.7 Å². The number of hydrogen-bond donors (Lipinski definition) is 2. The van der Waals surface area contributed by atoms with Crippen molar-refractivity contribution >= 4 is 34.9 Å². The van der Waals surface area contributed by atoms with E-state index in [1.165, 1.54) is 18.7 Å². The normalized spacial score (nSPS) is 17.1. The van der Waals surface area contributed by atoms with Crippen molar-refractivity contribution in [2.24, 2.45) is 0 Å². The number of thioether (sulfide) groups is 1. The first kappa shape index (κ1) is 25.3. The summed E-state index contributed by atoms with van der Waals surface area (Å²) in [6.45, 7) is 3.84. The van der Waals surface area contributed by atoms with Gasteiger partial charge in [0.2, 0.25) is 5.91 Å². The third-order valence-corrected chi connectivity index (χ3v) is 7.13. The van der Waals surface area contributed by atoms with Gasteiger partial charge in [-0.2, -0.15) is 5.26 Å². The quantitative estimate of drug-likeness (QED) is 0.485. The smallest absolute Gasteiger partial charge is 0.234 e. The number of carbonyl (C=O) groups excluding carboxylic acids is 3. The number of anilines is 1. The molecule has 36 heavy (non-hydrogen) atoms. The molecule has 0 radical (unpaired) electrons. The molecule has 2 N–H and O–H groups in total. The fraction of sp³-hybridized carbons (Fsp3) is 0.286. The molecule has 0 spiro atoms. The second-order valence-corrected chi connectivity index (χ2v) is 9.51. The first-order valence-corrected chi connectivity index (χ1v) is 12.8. The summed E-state index contributed by atoms with van der Waals surface area (Å²) in [5, 5.41) is 16.9. The fourth-order valence-corrected chi connectivity index (χ4v) is 5.34. The summed E-state index contributed by atoms with van der Waals surface area (Å²) in [6, 6.07) is 16.5. The maximum Gasteiger partial charge on any atom is 0.234 e. The summed E-state index contributed by atoms with van der Waals surface area (Å²) in [5.74, 6) is -0.0969. The van der Waals surface area contributed by atoms with E-state index >= 15 is 0 Å². The Kier molecular flexibility index (Phi) is 7.91. The maximum atomic E-state index is 13.0. The number of benzene rings is 2. The highest BCUT2D eigenvalue weighted by Gasteiger charge is 2.38. The Morgan fingerprint density at radius 3 is 2.61 bits per heavy atom. The third kappa shape index (κ3) is 5.37. The van der Waals surface area contributed by atoms with Gasteiger partial charge in [-0.1, -0.05) is 30.0 Å². The van der Waals surface area contributed by atoms with Gasteiger partial charge in [0.25, 0.3) is 0 Å². The van der Waals surface area contributed by atoms with Gasteiger partial charge in [0, 0.05) is 34.5 Å². The number of amides is 1. The molecular formula is C28H27N3O4S. The van der Waals surface area contributed by atoms with Crippen LogP contribution in [0, 0.1) is 11.3 Å². The van der Waals surface area contributed by atoms with Crippen LogP contribution in [0.4, 0.5) is 5.69 Å². The van der Waals surface area contributed by atoms with Crippen molar-refractivity contribution in [2.45, 2.75) is 39.0 Å². The van der Waals surface area contributed by atoms with Crippen LogP contribution in [0.2, 0.25) is 0 Å². The van der Waals surface area contributed by atoms with Gasteiger partial charge in [0.05, 0.1) is 34.9 Å². The SMILES string of the molecule is CCOc1ccccc1[C@@H]1C(C#N)=C(SCC(=O)Nc2ccc(C(C)=O)cc2)NC2=C1C(=O)CCC2. The minimum atomic E-state index is -0.550. The van der Waals surface area contributed by atoms with Crippen LogP contribution in [0.3, 0.4) is 0 Å². The average Bonchev–Trinajstić information content (AvgIpc) is 2.87. The highest BCUT2D eigenvalue weighted by atomic mass is 32.2. The van der Waals surface area contributed by atoms with Crippen LogP contribution < -0.4 is 15.4 Å². The van der Waals surface area contributed by atoms with Gasteiger partial charge in [-0.05, 0) is 57.0 Å². The molecule has 0 aromatic heterocycles. The fourth-order valence-electron chi connectivity index (χ4n) is 4.48. The zero-order chi connectivity index (χ0) is 25.7. The molecule has 0 unspecified atom stereocenters. The zero-order valence-electron chi connectivity index (χ0n) is 20.2. The molecule has 0 saturated heterocycles. The van der Waals surface area contributed by atoms with E-state index < -0.39 is 5.92 Å². The number of allylic oxidation sites excluding steroid dienone is 3. The van der Waals surface area contributed by atoms with E-state index in [4.69, 9.17) is 4.74 Å². The van der Waals surface area contributed by atoms with Crippen molar-refractivity contribution in [3.05, 3.63) is 81.5 Å². The molecule has 8 heteroatoms. The molecule has 1 heterocycles. The van der Waals surface area contributed by atoms with Crippen molar-refractivity contribution in [1.29, 1.82) is 5.26 Å². The molecule has 1 aliphatic heterocycles. The Morgan fingerprint density at radius 1 is 1.17 bits per heavy atom. The van der Waals surface area contributed by atoms with Crippen LogP contribution in [-0.4, -0.2) is 29.8 Å². The van der Waals surface area contributed by atoms with Gasteiger partial charge in [0.15, 0.2) is 11.6 Å². The summed E-state index contributed by atoms with van der Waals surface area (Å²) in [6.07, 6.45) is 1.88. The van der Waals surface area contributed by atoms with Crippen LogP contribution in [-0.2, 0) is 9.59 Å². The molecule has 1 aliphatic carbocycles. The van der Waals surface area contributed by atoms with Gasteiger partial charge in [0.1, 0.15) is 5.75 Å². The minimum Gasteiger partial charge on any atom is -0.494 e. The van der Waals surface area contributed by atoms with Crippen molar-refractivity contribution < 1.29 is 19.1 Å². The standard InChI is InChI=1S/C28H27N3O4S/c1-3-35-24-10-5-4-7-20(24)26-21(15-29)28(31-22-8-6-9-23(33)27(22)26)36-16-25(34)30-19-13-11-18(12-14-19)17(2)32/h4-5,7,10-14,26,31H,3,6,8-9,16H2,1-2H3,(H,30,34)/t26-/m1/s1. The number of nitrogens with zero attached hydrogens (tertiary/aromatic N) is 1. The van der Waals surface area contributed by atoms with E-state index in [-0.39, 0.29) is 23.2 Å². The lowest BCUT2D eigenvalue weighted by molar-refractivity contribution is -0.116. The summed E-state index contributed by atoms with van der Waals surface area (Å²) in [5.41, 5.74) is 3.76. The van der Waals surface area contributed by atoms with Crippen LogP contribution >= 0.6 is 11.8 Å². The van der Waals surface area contributed by atoms with Gasteiger partial charge in [-0.3, -0.25) is 14.4 Å². The summed E-state index contributed by atoms with van der Waals surface area (Å²) in [7, 11) is 0. The molecule has 4 rings (SSSR count). The average molecular weight is 502 g/mol. The molecule has 2 aliphatic rings. The summed E-state index contributed by atoms with van der Waals surface area (Å²) >= 11 is 1.23. The van der Waals surface area contributed by atoms with Crippen molar-refractivity contribution in [3.8, 4) is 11.8 Å². The van der Waals surface area contributed by atoms with E-state index in [0.29, 0.717) is 52.6 Å². The lowest BCUT2D eigenvalue weighted by atomic mass is 9.76. The van der Waals surface area contributed by atoms with E-state index in [9.17, 15) is 19.6 Å². The van der Waals surface area contributed by atoms with Gasteiger partial charge >= 0.3 is 0 Å². The number of Topliss-reactive ketones (excluding diaryl/α,β-unsaturated/α-hetero) is 2. The van der Waals surface area contributed by atoms with Crippen molar-refractivity contribution in [1.82, 2.24) is 5.32 Å². The maximum absolute atomic E-state index is 13.0. The first-order valence-electron chi connectivity index (χ1n) is 11.9. The zero-order valence-corrected chi connectivity index (χ0v) is 21.0. The van der Waals surface area contributed by atoms with Gasteiger partial charge in [-0.25, -0.2) is 0 Å². The lowest BCUT2D eigenvalue weighted by Gasteiger charge is -2.33. The largest absolute Gasteiger partial charge is 0.494 e. The molecule has 7 nitrogen and oxygen atoms in total. The Morgan fingerprint density at radius 2 is 1.92 bits per heavy atom. The van der Waals surface area contributed by atoms with E-state index in [1.807, 2.05) is 31.2 Å². The Labute approximate surface area is 214 Å². The number of ether oxygens (including phenoxy) is 1. The number of para-hydroxylation sites is 1. The number of carbonyl (C=O) groups is 3. The minimum absolute atomic E-state index is 0.0311. The van der Waals surface area contributed by atoms with Crippen LogP contribution in [0.5, 0.6) is 5.75 Å². The molecule has 2 aromatic rings. The van der Waals surface area contributed by atoms with Gasteiger partial charge in [-0.15, -0.1) is 0 Å². The highest BCUT2D eigenvalue weighted by Crippen LogP contribution is 2.46. The summed E-state index contributed by atoms with van der Waals surface area (Å²) in [4.78, 5) is 37.2. The van der Waals surface area contributed by atoms with Crippen molar-refractivity contribution in [2.75, 3.05) is 17.7 Å². The first-order chi connectivity index (χ1) is 17.4. The monoisotopic (exact) mass is 501 g/mol. The highest BCUT2D eigenvalue weighted by molar-refractivity contribution is 8.03. The van der Waals surface area contributed by atoms with E-state index in [0.717, 1.165) is 17.7 Å². The molecule has 184 valence electrons. The predicted molar refractivity (Wildman–Crippen MR) is 140 cm³/mol. The molecule has 0 fully saturated rings. The van der Waals surface area contributed by atoms with Crippen LogP contribution in [0.25, 0.3) is 0 Å². The molecule has 2 aromatic carbocycles. The molecule has 0 saturated carbocycles. The number of hydrogen-bond acceptors (Lipinski definition) is 7. The number of dihydropyridines is 1. The molecular weight excluding hydrogens is 474 g/mol. The predicted octanol–water partition coefficient (Wildman–Crippen LogP) is 5.09. The molecule has 0 bridgehead atoms. The third-order valence-electron chi connectivity index (χ3n) is 6.12. The number of rotatable bonds is 8. The van der Waals surface area contributed by atoms with E-state index in [1.54, 1.807) is 24.3 Å². The Bertz CT molecular complexity index is 1300. The Hall–Kier alpha value is -3.83. The lowest BCUT2D eigenvalue weighted by Crippen LogP contribution is -2.32. The van der Waals surface area contributed by atoms with Gasteiger partial charge < -0.3 is 15.4 Å². The number of ketones is 2. The Balaban J connectivity index is 1.61. The topological polar surface area (TPSA) is 108 Å². The number of nitrogens with one attached hydrogen (secondary N) is 2. The van der Waals surface area contributed by atoms with Crippen LogP contribution in [0.15, 0.2) is 70.4 Å².